The van der Waals surface area contributed by atoms with E-state index in [9.17, 15) is 18.0 Å². The first kappa shape index (κ1) is 19.0. The lowest BCUT2D eigenvalue weighted by molar-refractivity contribution is -0.116. The van der Waals surface area contributed by atoms with Crippen LogP contribution in [0, 0.1) is 6.92 Å². The van der Waals surface area contributed by atoms with E-state index >= 15 is 0 Å². The quantitative estimate of drug-likeness (QED) is 0.502. The highest BCUT2D eigenvalue weighted by molar-refractivity contribution is 7.92. The number of carbonyl (C=O) groups excluding carboxylic acids is 2. The fourth-order valence-corrected chi connectivity index (χ4v) is 5.98. The minimum absolute atomic E-state index is 0.0181. The Kier molecular flexibility index (Phi) is 5.43. The molecule has 0 saturated carbocycles. The molecule has 3 atom stereocenters. The van der Waals surface area contributed by atoms with Gasteiger partial charge in [-0.2, -0.15) is 0 Å². The van der Waals surface area contributed by atoms with E-state index in [1.54, 1.807) is 12.1 Å². The van der Waals surface area contributed by atoms with Crippen LogP contribution in [0.15, 0.2) is 18.2 Å². The first-order valence-corrected chi connectivity index (χ1v) is 10.7. The number of amides is 3. The van der Waals surface area contributed by atoms with Gasteiger partial charge in [0.25, 0.3) is 0 Å². The van der Waals surface area contributed by atoms with E-state index in [1.807, 2.05) is 13.0 Å². The van der Waals surface area contributed by atoms with Crippen molar-refractivity contribution >= 4 is 39.1 Å². The summed E-state index contributed by atoms with van der Waals surface area (Å²) in [6.45, 7) is 1.89. The van der Waals surface area contributed by atoms with E-state index in [0.29, 0.717) is 36.4 Å². The number of aryl methyl sites for hydroxylation is 1. The molecule has 2 aliphatic heterocycles. The van der Waals surface area contributed by atoms with Crippen LogP contribution in [0.25, 0.3) is 0 Å². The third kappa shape index (κ3) is 4.12. The summed E-state index contributed by atoms with van der Waals surface area (Å²) >= 11 is 6.03. The van der Waals surface area contributed by atoms with Crippen molar-refractivity contribution in [2.24, 2.45) is 0 Å². The third-order valence-corrected chi connectivity index (χ3v) is 7.60. The molecule has 26 heavy (non-hydrogen) atoms. The van der Waals surface area contributed by atoms with E-state index in [1.165, 1.54) is 0 Å². The Labute approximate surface area is 157 Å². The average Bonchev–Trinajstić information content (AvgIpc) is 2.99. The van der Waals surface area contributed by atoms with Crippen LogP contribution in [-0.2, 0) is 14.6 Å². The van der Waals surface area contributed by atoms with Crippen molar-refractivity contribution in [1.82, 2.24) is 10.6 Å². The molecule has 2 fully saturated rings. The molecule has 142 valence electrons. The van der Waals surface area contributed by atoms with Gasteiger partial charge in [-0.25, -0.2) is 13.2 Å². The lowest BCUT2D eigenvalue weighted by atomic mass is 10.0. The van der Waals surface area contributed by atoms with Crippen molar-refractivity contribution in [3.05, 3.63) is 28.8 Å². The van der Waals surface area contributed by atoms with Crippen LogP contribution in [0.5, 0.6) is 0 Å². The molecule has 2 aliphatic rings. The van der Waals surface area contributed by atoms with Crippen molar-refractivity contribution in [2.75, 3.05) is 11.1 Å². The summed E-state index contributed by atoms with van der Waals surface area (Å²) in [6.07, 6.45) is 1.92. The number of benzene rings is 1. The summed E-state index contributed by atoms with van der Waals surface area (Å²) in [7, 11) is -3.22. The maximum absolute atomic E-state index is 12.2. The first-order chi connectivity index (χ1) is 12.3. The first-order valence-electron chi connectivity index (χ1n) is 8.61. The monoisotopic (exact) mass is 399 g/mol. The molecular formula is C17H22ClN3O4S. The molecule has 0 aromatic heterocycles. The average molecular weight is 400 g/mol. The Morgan fingerprint density at radius 2 is 2.08 bits per heavy atom. The van der Waals surface area contributed by atoms with Crippen LogP contribution in [0.4, 0.5) is 10.5 Å². The number of carbonyl (C=O) groups is 2. The summed E-state index contributed by atoms with van der Waals surface area (Å²) in [5.41, 5.74) is 1.58. The number of sulfone groups is 1. The van der Waals surface area contributed by atoms with Crippen molar-refractivity contribution < 1.29 is 18.0 Å². The smallest absolute Gasteiger partial charge is 0.315 e. The number of hydrogen-bond donors (Lipinski definition) is 3. The molecule has 2 heterocycles. The molecule has 3 N–H and O–H groups in total. The normalized spacial score (nSPS) is 26.1. The highest BCUT2D eigenvalue weighted by Crippen LogP contribution is 2.28. The molecule has 0 spiro atoms. The van der Waals surface area contributed by atoms with Gasteiger partial charge in [-0.15, -0.1) is 0 Å². The van der Waals surface area contributed by atoms with Gasteiger partial charge in [0.1, 0.15) is 0 Å². The molecule has 3 rings (SSSR count). The fourth-order valence-electron chi connectivity index (χ4n) is 3.53. The second-order valence-electron chi connectivity index (χ2n) is 6.88. The number of fused-ring (bicyclic) bond motifs is 1. The highest BCUT2D eigenvalue weighted by Gasteiger charge is 2.51. The summed E-state index contributed by atoms with van der Waals surface area (Å²) in [6, 6.07) is 4.32. The summed E-state index contributed by atoms with van der Waals surface area (Å²) in [5, 5.41) is 8.14. The summed E-state index contributed by atoms with van der Waals surface area (Å²) in [4.78, 5) is 23.4. The maximum atomic E-state index is 12.2. The number of anilines is 1. The van der Waals surface area contributed by atoms with Gasteiger partial charge >= 0.3 is 6.03 Å². The highest BCUT2D eigenvalue weighted by atomic mass is 35.5. The van der Waals surface area contributed by atoms with Gasteiger partial charge in [0.15, 0.2) is 9.84 Å². The molecule has 1 aromatic rings. The zero-order chi connectivity index (χ0) is 18.9. The van der Waals surface area contributed by atoms with Crippen LogP contribution < -0.4 is 16.0 Å². The number of nitrogens with one attached hydrogen (secondary N) is 3. The van der Waals surface area contributed by atoms with Crippen molar-refractivity contribution in [1.29, 1.82) is 0 Å². The molecule has 0 radical (unpaired) electrons. The van der Waals surface area contributed by atoms with Crippen LogP contribution >= 0.6 is 11.6 Å². The number of rotatable bonds is 6. The van der Waals surface area contributed by atoms with Crippen LogP contribution in [-0.4, -0.2) is 43.4 Å². The fraction of sp³-hybridized carbons (Fsp3) is 0.529. The summed E-state index contributed by atoms with van der Waals surface area (Å²) in [5.74, 6) is -0.150. The Balaban J connectivity index is 1.45. The molecule has 3 amide bonds. The minimum atomic E-state index is -3.22. The third-order valence-electron chi connectivity index (χ3n) is 4.92. The van der Waals surface area contributed by atoms with E-state index in [2.05, 4.69) is 16.0 Å². The van der Waals surface area contributed by atoms with Crippen molar-refractivity contribution in [2.45, 2.75) is 49.9 Å². The zero-order valence-electron chi connectivity index (χ0n) is 14.4. The second kappa shape index (κ2) is 7.44. The molecule has 2 saturated heterocycles. The van der Waals surface area contributed by atoms with Gasteiger partial charge in [-0.1, -0.05) is 24.1 Å². The van der Waals surface area contributed by atoms with Gasteiger partial charge in [-0.05, 0) is 37.5 Å². The Morgan fingerprint density at radius 1 is 1.31 bits per heavy atom. The SMILES string of the molecule is Cc1ccc(NC(=O)CCCC[C@@H]2[C@H]3NC(=O)N[C@@H]3CS2(=O)=O)cc1Cl. The van der Waals surface area contributed by atoms with Gasteiger partial charge in [-0.3, -0.25) is 4.79 Å². The van der Waals surface area contributed by atoms with Gasteiger partial charge < -0.3 is 16.0 Å². The molecule has 0 aliphatic carbocycles. The van der Waals surface area contributed by atoms with Crippen LogP contribution in [0.2, 0.25) is 5.02 Å². The lowest BCUT2D eigenvalue weighted by Crippen LogP contribution is -2.39. The van der Waals surface area contributed by atoms with Gasteiger partial charge in [0, 0.05) is 17.1 Å². The largest absolute Gasteiger partial charge is 0.332 e. The number of unbranched alkanes of at least 4 members (excludes halogenated alkanes) is 1. The summed E-state index contributed by atoms with van der Waals surface area (Å²) < 4.78 is 24.5. The van der Waals surface area contributed by atoms with E-state index in [0.717, 1.165) is 5.56 Å². The van der Waals surface area contributed by atoms with Gasteiger partial charge in [0.05, 0.1) is 23.1 Å². The molecule has 9 heteroatoms. The Hall–Kier alpha value is -1.80. The number of halogens is 1. The minimum Gasteiger partial charge on any atom is -0.332 e. The number of urea groups is 1. The molecular weight excluding hydrogens is 378 g/mol. The van der Waals surface area contributed by atoms with Crippen molar-refractivity contribution in [3.63, 3.8) is 0 Å². The molecule has 1 aromatic carbocycles. The van der Waals surface area contributed by atoms with Gasteiger partial charge in [0.2, 0.25) is 5.91 Å². The molecule has 0 unspecified atom stereocenters. The predicted octanol–water partition coefficient (Wildman–Crippen LogP) is 1.99. The zero-order valence-corrected chi connectivity index (χ0v) is 16.0. The van der Waals surface area contributed by atoms with Crippen molar-refractivity contribution in [3.8, 4) is 0 Å². The standard InChI is InChI=1S/C17H22ClN3O4S/c1-10-6-7-11(8-12(10)18)19-15(22)5-3-2-4-14-16-13(9-26(14,24)25)20-17(23)21-16/h6-8,13-14,16H,2-5,9H2,1H3,(H,19,22)(H2,20,21,23)/t13-,14-,16+/m1/s1. The second-order valence-corrected chi connectivity index (χ2v) is 9.55. The topological polar surface area (TPSA) is 104 Å². The Bertz CT molecular complexity index is 827. The Morgan fingerprint density at radius 3 is 2.81 bits per heavy atom. The van der Waals surface area contributed by atoms with Crippen LogP contribution in [0.1, 0.15) is 31.2 Å². The van der Waals surface area contributed by atoms with Crippen LogP contribution in [0.3, 0.4) is 0 Å². The maximum Gasteiger partial charge on any atom is 0.315 e. The number of hydrogen-bond acceptors (Lipinski definition) is 4. The van der Waals surface area contributed by atoms with E-state index in [-0.39, 0.29) is 29.8 Å². The molecule has 7 nitrogen and oxygen atoms in total. The van der Waals surface area contributed by atoms with E-state index in [4.69, 9.17) is 11.6 Å². The molecule has 0 bridgehead atoms. The predicted molar refractivity (Wildman–Crippen MR) is 100 cm³/mol. The van der Waals surface area contributed by atoms with E-state index < -0.39 is 15.1 Å². The lowest BCUT2D eigenvalue weighted by Gasteiger charge is -2.16.